The number of rotatable bonds is 5. The summed E-state index contributed by atoms with van der Waals surface area (Å²) in [5.41, 5.74) is 7.17. The van der Waals surface area contributed by atoms with Gasteiger partial charge in [-0.25, -0.2) is 0 Å². The summed E-state index contributed by atoms with van der Waals surface area (Å²) in [5.74, 6) is 0.775. The van der Waals surface area contributed by atoms with E-state index in [4.69, 9.17) is 22.1 Å². The molecule has 0 saturated heterocycles. The molecule has 3 nitrogen and oxygen atoms in total. The van der Waals surface area contributed by atoms with E-state index in [0.29, 0.717) is 5.02 Å². The lowest BCUT2D eigenvalue weighted by Gasteiger charge is -2.20. The van der Waals surface area contributed by atoms with Crippen LogP contribution < -0.4 is 10.5 Å². The van der Waals surface area contributed by atoms with E-state index in [1.54, 1.807) is 31.4 Å². The van der Waals surface area contributed by atoms with Crippen LogP contribution in [0.1, 0.15) is 18.5 Å². The summed E-state index contributed by atoms with van der Waals surface area (Å²) < 4.78 is 17.7. The Morgan fingerprint density at radius 2 is 1.67 bits per heavy atom. The lowest BCUT2D eigenvalue weighted by Crippen LogP contribution is -2.27. The van der Waals surface area contributed by atoms with Crippen molar-refractivity contribution < 1.29 is 8.95 Å². The minimum atomic E-state index is -1.19. The van der Waals surface area contributed by atoms with Crippen LogP contribution in [0, 0.1) is 0 Å². The molecule has 2 aromatic carbocycles. The molecule has 0 aliphatic carbocycles. The van der Waals surface area contributed by atoms with Crippen LogP contribution in [0.5, 0.6) is 5.75 Å². The van der Waals surface area contributed by atoms with E-state index in [0.717, 1.165) is 16.2 Å². The summed E-state index contributed by atoms with van der Waals surface area (Å²) in [6.45, 7) is 1.89. The van der Waals surface area contributed by atoms with E-state index >= 15 is 0 Å². The molecule has 0 aliphatic rings. The monoisotopic (exact) mass is 323 g/mol. The zero-order valence-electron chi connectivity index (χ0n) is 12.0. The van der Waals surface area contributed by atoms with Gasteiger partial charge >= 0.3 is 0 Å². The van der Waals surface area contributed by atoms with Gasteiger partial charge in [0.05, 0.1) is 23.2 Å². The molecule has 2 rings (SSSR count). The SMILES string of the molecule is COc1ccc(C(N)C(C)S(=O)c2ccc(Cl)cc2)cc1. The Labute approximate surface area is 132 Å². The number of nitrogens with two attached hydrogens (primary N) is 1. The number of methoxy groups -OCH3 is 1. The van der Waals surface area contributed by atoms with E-state index in [1.807, 2.05) is 31.2 Å². The zero-order chi connectivity index (χ0) is 15.4. The van der Waals surface area contributed by atoms with E-state index in [1.165, 1.54) is 0 Å². The van der Waals surface area contributed by atoms with Crippen molar-refractivity contribution in [1.29, 1.82) is 0 Å². The lowest BCUT2D eigenvalue weighted by molar-refractivity contribution is 0.414. The molecule has 21 heavy (non-hydrogen) atoms. The fourth-order valence-corrected chi connectivity index (χ4v) is 3.40. The van der Waals surface area contributed by atoms with Crippen molar-refractivity contribution in [2.75, 3.05) is 7.11 Å². The molecule has 112 valence electrons. The molecule has 0 fully saturated rings. The van der Waals surface area contributed by atoms with E-state index in [2.05, 4.69) is 0 Å². The van der Waals surface area contributed by atoms with Crippen LogP contribution in [0.15, 0.2) is 53.4 Å². The summed E-state index contributed by atoms with van der Waals surface area (Å²) in [6.07, 6.45) is 0. The molecule has 0 bridgehead atoms. The number of hydrogen-bond donors (Lipinski definition) is 1. The quantitative estimate of drug-likeness (QED) is 0.915. The molecule has 5 heteroatoms. The predicted octanol–water partition coefficient (Wildman–Crippen LogP) is 3.54. The van der Waals surface area contributed by atoms with Crippen LogP contribution in [0.2, 0.25) is 5.02 Å². The van der Waals surface area contributed by atoms with Crippen LogP contribution in [0.3, 0.4) is 0 Å². The maximum atomic E-state index is 12.6. The summed E-state index contributed by atoms with van der Waals surface area (Å²) in [5, 5.41) is 0.419. The molecule has 0 aromatic heterocycles. The highest BCUT2D eigenvalue weighted by Gasteiger charge is 2.22. The molecule has 0 radical (unpaired) electrons. The van der Waals surface area contributed by atoms with Gasteiger partial charge < -0.3 is 10.5 Å². The van der Waals surface area contributed by atoms with Crippen molar-refractivity contribution in [2.24, 2.45) is 5.73 Å². The molecule has 3 atom stereocenters. The molecular formula is C16H18ClNO2S. The summed E-state index contributed by atoms with van der Waals surface area (Å²) >= 11 is 5.85. The van der Waals surface area contributed by atoms with Crippen LogP contribution in [0.25, 0.3) is 0 Å². The second kappa shape index (κ2) is 7.07. The number of benzene rings is 2. The maximum absolute atomic E-state index is 12.6. The number of hydrogen-bond acceptors (Lipinski definition) is 3. The first-order valence-corrected chi connectivity index (χ1v) is 8.17. The van der Waals surface area contributed by atoms with Crippen molar-refractivity contribution in [2.45, 2.75) is 23.1 Å². The smallest absolute Gasteiger partial charge is 0.118 e. The Hall–Kier alpha value is -1.36. The molecule has 0 aliphatic heterocycles. The Kier molecular flexibility index (Phi) is 5.39. The van der Waals surface area contributed by atoms with Gasteiger partial charge in [0.25, 0.3) is 0 Å². The Morgan fingerprint density at radius 1 is 1.10 bits per heavy atom. The lowest BCUT2D eigenvalue weighted by atomic mass is 10.1. The first-order chi connectivity index (χ1) is 10.0. The largest absolute Gasteiger partial charge is 0.497 e. The summed E-state index contributed by atoms with van der Waals surface area (Å²) in [6, 6.07) is 14.2. The van der Waals surface area contributed by atoms with Gasteiger partial charge in [0, 0.05) is 16.0 Å². The molecular weight excluding hydrogens is 306 g/mol. The van der Waals surface area contributed by atoms with E-state index in [-0.39, 0.29) is 11.3 Å². The molecule has 3 unspecified atom stereocenters. The average molecular weight is 324 g/mol. The van der Waals surface area contributed by atoms with Gasteiger partial charge in [0.15, 0.2) is 0 Å². The zero-order valence-corrected chi connectivity index (χ0v) is 13.5. The van der Waals surface area contributed by atoms with E-state index in [9.17, 15) is 4.21 Å². The standard InChI is InChI=1S/C16H18ClNO2S/c1-11(21(19)15-9-5-13(17)6-10-15)16(18)12-3-7-14(20-2)8-4-12/h3-11,16H,18H2,1-2H3. The minimum absolute atomic E-state index is 0.209. The highest BCUT2D eigenvalue weighted by Crippen LogP contribution is 2.24. The Morgan fingerprint density at radius 3 is 2.19 bits per heavy atom. The van der Waals surface area contributed by atoms with Crippen molar-refractivity contribution in [3.05, 3.63) is 59.1 Å². The van der Waals surface area contributed by atoms with Crippen molar-refractivity contribution in [3.63, 3.8) is 0 Å². The summed E-state index contributed by atoms with van der Waals surface area (Å²) in [4.78, 5) is 0.732. The fourth-order valence-electron chi connectivity index (χ4n) is 2.01. The van der Waals surface area contributed by atoms with Crippen molar-refractivity contribution in [3.8, 4) is 5.75 Å². The first-order valence-electron chi connectivity index (χ1n) is 6.58. The van der Waals surface area contributed by atoms with Gasteiger partial charge in [-0.15, -0.1) is 0 Å². The second-order valence-corrected chi connectivity index (χ2v) is 7.00. The molecule has 2 N–H and O–H groups in total. The van der Waals surface area contributed by atoms with Gasteiger partial charge in [-0.3, -0.25) is 4.21 Å². The third kappa shape index (κ3) is 3.84. The average Bonchev–Trinajstić information content (AvgIpc) is 2.53. The van der Waals surface area contributed by atoms with Crippen LogP contribution in [0.4, 0.5) is 0 Å². The maximum Gasteiger partial charge on any atom is 0.118 e. The van der Waals surface area contributed by atoms with Gasteiger partial charge in [0.1, 0.15) is 5.75 Å². The van der Waals surface area contributed by atoms with E-state index < -0.39 is 10.8 Å². The highest BCUT2D eigenvalue weighted by atomic mass is 35.5. The van der Waals surface area contributed by atoms with Crippen molar-refractivity contribution in [1.82, 2.24) is 0 Å². The third-order valence-corrected chi connectivity index (χ3v) is 5.35. The number of ether oxygens (including phenoxy) is 1. The molecule has 0 saturated carbocycles. The van der Waals surface area contributed by atoms with Crippen LogP contribution in [-0.2, 0) is 10.8 Å². The molecule has 0 heterocycles. The van der Waals surface area contributed by atoms with Gasteiger partial charge in [-0.2, -0.15) is 0 Å². The summed E-state index contributed by atoms with van der Waals surface area (Å²) in [7, 11) is 0.429. The topological polar surface area (TPSA) is 52.3 Å². The van der Waals surface area contributed by atoms with Crippen LogP contribution >= 0.6 is 11.6 Å². The van der Waals surface area contributed by atoms with Crippen LogP contribution in [-0.4, -0.2) is 16.6 Å². The van der Waals surface area contributed by atoms with Gasteiger partial charge in [-0.1, -0.05) is 23.7 Å². The Bertz CT molecular complexity index is 613. The fraction of sp³-hybridized carbons (Fsp3) is 0.250. The van der Waals surface area contributed by atoms with Gasteiger partial charge in [-0.05, 0) is 48.9 Å². The predicted molar refractivity (Wildman–Crippen MR) is 87.2 cm³/mol. The first kappa shape index (κ1) is 16.0. The van der Waals surface area contributed by atoms with Gasteiger partial charge in [0.2, 0.25) is 0 Å². The van der Waals surface area contributed by atoms with Crippen molar-refractivity contribution >= 4 is 22.4 Å². The molecule has 0 spiro atoms. The minimum Gasteiger partial charge on any atom is -0.497 e. The third-order valence-electron chi connectivity index (χ3n) is 3.39. The normalized spacial score (nSPS) is 15.2. The Balaban J connectivity index is 2.15. The number of halogens is 1. The molecule has 2 aromatic rings. The second-order valence-electron chi connectivity index (χ2n) is 4.76. The highest BCUT2D eigenvalue weighted by molar-refractivity contribution is 7.85. The molecule has 0 amide bonds.